The Balaban J connectivity index is 0.00000280. The molecule has 2 aromatic rings. The summed E-state index contributed by atoms with van der Waals surface area (Å²) < 4.78 is 10.4. The Hall–Kier alpha value is -2.45. The Bertz CT molecular complexity index is 915. The highest BCUT2D eigenvalue weighted by Gasteiger charge is 2.25. The molecule has 0 radical (unpaired) electrons. The SMILES string of the molecule is CCN1CCCC1CNC(=O)c1c(O)c2cc(OC)c(OC)cc2[nH]c1=O.Cl. The summed E-state index contributed by atoms with van der Waals surface area (Å²) in [5, 5.41) is 13.7. The molecule has 1 aliphatic heterocycles. The summed E-state index contributed by atoms with van der Waals surface area (Å²) in [5.41, 5.74) is -0.584. The van der Waals surface area contributed by atoms with Crippen molar-refractivity contribution in [2.24, 2.45) is 0 Å². The summed E-state index contributed by atoms with van der Waals surface area (Å²) in [6.45, 7) is 4.46. The van der Waals surface area contributed by atoms with Crippen LogP contribution in [0, 0.1) is 0 Å². The second kappa shape index (κ2) is 9.16. The second-order valence-electron chi connectivity index (χ2n) is 6.57. The van der Waals surface area contributed by atoms with Gasteiger partial charge in [0.15, 0.2) is 11.5 Å². The second-order valence-corrected chi connectivity index (χ2v) is 6.57. The van der Waals surface area contributed by atoms with Crippen LogP contribution in [-0.2, 0) is 0 Å². The normalized spacial score (nSPS) is 16.6. The molecule has 1 atom stereocenters. The Labute approximate surface area is 169 Å². The third kappa shape index (κ3) is 4.02. The van der Waals surface area contributed by atoms with Crippen molar-refractivity contribution in [3.63, 3.8) is 0 Å². The van der Waals surface area contributed by atoms with Crippen LogP contribution >= 0.6 is 12.4 Å². The third-order valence-electron chi connectivity index (χ3n) is 5.12. The highest BCUT2D eigenvalue weighted by Crippen LogP contribution is 2.35. The summed E-state index contributed by atoms with van der Waals surface area (Å²) in [6.07, 6.45) is 2.10. The first-order valence-corrected chi connectivity index (χ1v) is 9.03. The molecule has 28 heavy (non-hydrogen) atoms. The van der Waals surface area contributed by atoms with E-state index in [1.54, 1.807) is 6.07 Å². The van der Waals surface area contributed by atoms with E-state index in [2.05, 4.69) is 22.1 Å². The predicted molar refractivity (Wildman–Crippen MR) is 109 cm³/mol. The van der Waals surface area contributed by atoms with Gasteiger partial charge in [0.05, 0.1) is 19.7 Å². The van der Waals surface area contributed by atoms with Crippen molar-refractivity contribution in [1.29, 1.82) is 0 Å². The number of likely N-dealkylation sites (tertiary alicyclic amines) is 1. The largest absolute Gasteiger partial charge is 0.506 e. The molecule has 1 saturated heterocycles. The number of rotatable bonds is 6. The highest BCUT2D eigenvalue weighted by atomic mass is 35.5. The summed E-state index contributed by atoms with van der Waals surface area (Å²) in [4.78, 5) is 29.9. The maximum Gasteiger partial charge on any atom is 0.265 e. The number of nitrogens with one attached hydrogen (secondary N) is 2. The summed E-state index contributed by atoms with van der Waals surface area (Å²) in [7, 11) is 2.95. The van der Waals surface area contributed by atoms with Crippen molar-refractivity contribution >= 4 is 29.2 Å². The molecule has 1 aromatic carbocycles. The Morgan fingerprint density at radius 3 is 2.64 bits per heavy atom. The van der Waals surface area contributed by atoms with Gasteiger partial charge in [-0.3, -0.25) is 14.5 Å². The van der Waals surface area contributed by atoms with Crippen LogP contribution < -0.4 is 20.3 Å². The van der Waals surface area contributed by atoms with E-state index in [9.17, 15) is 14.7 Å². The average molecular weight is 412 g/mol. The first kappa shape index (κ1) is 21.8. The van der Waals surface area contributed by atoms with Gasteiger partial charge in [0, 0.05) is 24.0 Å². The maximum atomic E-state index is 12.6. The van der Waals surface area contributed by atoms with Gasteiger partial charge in [0.2, 0.25) is 0 Å². The lowest BCUT2D eigenvalue weighted by molar-refractivity contribution is 0.0937. The molecule has 1 fully saturated rings. The zero-order valence-electron chi connectivity index (χ0n) is 16.2. The molecule has 0 spiro atoms. The molecule has 3 rings (SSSR count). The molecule has 0 saturated carbocycles. The number of likely N-dealkylation sites (N-methyl/N-ethyl adjacent to an activating group) is 1. The fraction of sp³-hybridized carbons (Fsp3) is 0.474. The number of fused-ring (bicyclic) bond motifs is 1. The molecular formula is C19H26ClN3O5. The van der Waals surface area contributed by atoms with Gasteiger partial charge in [-0.15, -0.1) is 12.4 Å². The van der Waals surface area contributed by atoms with Crippen LogP contribution in [-0.4, -0.2) is 60.8 Å². The number of H-pyrrole nitrogens is 1. The molecule has 9 heteroatoms. The van der Waals surface area contributed by atoms with Gasteiger partial charge in [-0.1, -0.05) is 6.92 Å². The van der Waals surface area contributed by atoms with Crippen molar-refractivity contribution in [2.45, 2.75) is 25.8 Å². The van der Waals surface area contributed by atoms with E-state index in [0.717, 1.165) is 25.9 Å². The first-order valence-electron chi connectivity index (χ1n) is 9.03. The van der Waals surface area contributed by atoms with Crippen LogP contribution in [0.4, 0.5) is 0 Å². The van der Waals surface area contributed by atoms with Crippen molar-refractivity contribution in [3.8, 4) is 17.2 Å². The number of methoxy groups -OCH3 is 2. The molecule has 0 bridgehead atoms. The van der Waals surface area contributed by atoms with Crippen LogP contribution in [0.5, 0.6) is 17.2 Å². The zero-order valence-corrected chi connectivity index (χ0v) is 17.0. The average Bonchev–Trinajstić information content (AvgIpc) is 3.13. The van der Waals surface area contributed by atoms with E-state index in [4.69, 9.17) is 9.47 Å². The maximum absolute atomic E-state index is 12.6. The lowest BCUT2D eigenvalue weighted by Crippen LogP contribution is -2.41. The van der Waals surface area contributed by atoms with Crippen LogP contribution in [0.15, 0.2) is 16.9 Å². The van der Waals surface area contributed by atoms with Crippen molar-refractivity contribution in [3.05, 3.63) is 28.0 Å². The lowest BCUT2D eigenvalue weighted by atomic mass is 10.1. The fourth-order valence-electron chi connectivity index (χ4n) is 3.66. The number of hydrogen-bond donors (Lipinski definition) is 3. The minimum Gasteiger partial charge on any atom is -0.506 e. The lowest BCUT2D eigenvalue weighted by Gasteiger charge is -2.22. The van der Waals surface area contributed by atoms with E-state index in [-0.39, 0.29) is 29.8 Å². The number of pyridine rings is 1. The quantitative estimate of drug-likeness (QED) is 0.670. The fourth-order valence-corrected chi connectivity index (χ4v) is 3.66. The molecule has 1 amide bonds. The van der Waals surface area contributed by atoms with Crippen LogP contribution in [0.2, 0.25) is 0 Å². The van der Waals surface area contributed by atoms with E-state index in [0.29, 0.717) is 28.9 Å². The predicted octanol–water partition coefficient (Wildman–Crippen LogP) is 1.89. The summed E-state index contributed by atoms with van der Waals surface area (Å²) in [5.74, 6) is -0.152. The third-order valence-corrected chi connectivity index (χ3v) is 5.12. The highest BCUT2D eigenvalue weighted by molar-refractivity contribution is 6.02. The zero-order chi connectivity index (χ0) is 19.6. The Kier molecular flexibility index (Phi) is 7.15. The number of benzene rings is 1. The van der Waals surface area contributed by atoms with E-state index in [1.807, 2.05) is 0 Å². The van der Waals surface area contributed by atoms with Gasteiger partial charge in [-0.25, -0.2) is 0 Å². The van der Waals surface area contributed by atoms with Gasteiger partial charge in [0.25, 0.3) is 11.5 Å². The molecule has 1 aliphatic rings. The number of hydrogen-bond acceptors (Lipinski definition) is 6. The number of aromatic nitrogens is 1. The molecule has 3 N–H and O–H groups in total. The minimum absolute atomic E-state index is 0. The van der Waals surface area contributed by atoms with E-state index in [1.165, 1.54) is 20.3 Å². The molecule has 2 heterocycles. The number of carbonyl (C=O) groups is 1. The number of nitrogens with zero attached hydrogens (tertiary/aromatic N) is 1. The smallest absolute Gasteiger partial charge is 0.265 e. The summed E-state index contributed by atoms with van der Waals surface area (Å²) in [6, 6.07) is 3.34. The molecule has 8 nitrogen and oxygen atoms in total. The molecular weight excluding hydrogens is 386 g/mol. The Morgan fingerprint density at radius 1 is 1.32 bits per heavy atom. The Morgan fingerprint density at radius 2 is 2.00 bits per heavy atom. The molecule has 0 aliphatic carbocycles. The van der Waals surface area contributed by atoms with Crippen molar-refractivity contribution < 1.29 is 19.4 Å². The van der Waals surface area contributed by atoms with Crippen molar-refractivity contribution in [1.82, 2.24) is 15.2 Å². The van der Waals surface area contributed by atoms with Crippen LogP contribution in [0.3, 0.4) is 0 Å². The van der Waals surface area contributed by atoms with Gasteiger partial charge in [-0.2, -0.15) is 0 Å². The minimum atomic E-state index is -0.650. The number of halogens is 1. The monoisotopic (exact) mass is 411 g/mol. The summed E-state index contributed by atoms with van der Waals surface area (Å²) >= 11 is 0. The first-order chi connectivity index (χ1) is 13.0. The molecule has 1 unspecified atom stereocenters. The molecule has 1 aromatic heterocycles. The van der Waals surface area contributed by atoms with Crippen molar-refractivity contribution in [2.75, 3.05) is 33.9 Å². The standard InChI is InChI=1S/C19H25N3O5.ClH/c1-4-22-7-5-6-11(22)10-20-18(24)16-17(23)12-8-14(26-2)15(27-3)9-13(12)21-19(16)25;/h8-9,11H,4-7,10H2,1-3H3,(H,20,24)(H2,21,23,25);1H. The van der Waals surface area contributed by atoms with Gasteiger partial charge in [0.1, 0.15) is 11.3 Å². The van der Waals surface area contributed by atoms with Crippen LogP contribution in [0.25, 0.3) is 10.9 Å². The number of aromatic hydroxyl groups is 1. The number of aromatic amines is 1. The number of amides is 1. The number of ether oxygens (including phenoxy) is 2. The number of carbonyl (C=O) groups excluding carboxylic acids is 1. The van der Waals surface area contributed by atoms with Gasteiger partial charge < -0.3 is 24.9 Å². The van der Waals surface area contributed by atoms with E-state index >= 15 is 0 Å². The van der Waals surface area contributed by atoms with Gasteiger partial charge >= 0.3 is 0 Å². The van der Waals surface area contributed by atoms with E-state index < -0.39 is 11.5 Å². The topological polar surface area (TPSA) is 104 Å². The molecule has 154 valence electrons. The van der Waals surface area contributed by atoms with Crippen LogP contribution in [0.1, 0.15) is 30.1 Å². The van der Waals surface area contributed by atoms with Gasteiger partial charge in [-0.05, 0) is 32.0 Å².